The van der Waals surface area contributed by atoms with Gasteiger partial charge >= 0.3 is 5.97 Å². The summed E-state index contributed by atoms with van der Waals surface area (Å²) in [6, 6.07) is 0. The zero-order chi connectivity index (χ0) is 10.4. The van der Waals surface area contributed by atoms with Crippen LogP contribution in [0.5, 0.6) is 0 Å². The molecule has 1 fully saturated rings. The number of nitrogens with one attached hydrogen (secondary N) is 1. The summed E-state index contributed by atoms with van der Waals surface area (Å²) in [5.41, 5.74) is 0.991. The number of piperidine rings is 1. The van der Waals surface area contributed by atoms with E-state index in [-0.39, 0.29) is 5.97 Å². The lowest BCUT2D eigenvalue weighted by atomic mass is 9.92. The molecule has 0 radical (unpaired) electrons. The Bertz CT molecular complexity index is 207. The molecule has 14 heavy (non-hydrogen) atoms. The Morgan fingerprint density at radius 2 is 2.43 bits per heavy atom. The Kier molecular flexibility index (Phi) is 4.66. The highest BCUT2D eigenvalue weighted by atomic mass is 16.5. The average Bonchev–Trinajstić information content (AvgIpc) is 2.19. The first kappa shape index (κ1) is 11.2. The van der Waals surface area contributed by atoms with E-state index < -0.39 is 0 Å². The topological polar surface area (TPSA) is 38.3 Å². The minimum absolute atomic E-state index is 0.182. The van der Waals surface area contributed by atoms with Gasteiger partial charge in [0.05, 0.1) is 13.5 Å². The first-order valence-electron chi connectivity index (χ1n) is 5.16. The van der Waals surface area contributed by atoms with Crippen LogP contribution < -0.4 is 5.32 Å². The van der Waals surface area contributed by atoms with Crippen LogP contribution in [0.4, 0.5) is 0 Å². The van der Waals surface area contributed by atoms with Crippen LogP contribution in [0.3, 0.4) is 0 Å². The van der Waals surface area contributed by atoms with Gasteiger partial charge in [0.2, 0.25) is 0 Å². The third-order valence-corrected chi connectivity index (χ3v) is 2.60. The minimum Gasteiger partial charge on any atom is -0.469 e. The Morgan fingerprint density at radius 1 is 1.64 bits per heavy atom. The van der Waals surface area contributed by atoms with E-state index in [0.29, 0.717) is 12.3 Å². The highest BCUT2D eigenvalue weighted by Gasteiger charge is 2.15. The largest absolute Gasteiger partial charge is 0.469 e. The molecule has 1 N–H and O–H groups in total. The SMILES string of the molecule is C=C(CC(=O)OC)CC1CCCNC1. The second-order valence-corrected chi connectivity index (χ2v) is 3.92. The zero-order valence-electron chi connectivity index (χ0n) is 8.84. The van der Waals surface area contributed by atoms with Crippen LogP contribution in [0.1, 0.15) is 25.7 Å². The van der Waals surface area contributed by atoms with Crippen LogP contribution in [-0.4, -0.2) is 26.2 Å². The van der Waals surface area contributed by atoms with Gasteiger partial charge in [0.15, 0.2) is 0 Å². The predicted octanol–water partition coefficient (Wildman–Crippen LogP) is 1.50. The molecule has 1 saturated heterocycles. The lowest BCUT2D eigenvalue weighted by molar-refractivity contribution is -0.139. The fourth-order valence-electron chi connectivity index (χ4n) is 1.85. The number of esters is 1. The summed E-state index contributed by atoms with van der Waals surface area (Å²) < 4.78 is 4.59. The summed E-state index contributed by atoms with van der Waals surface area (Å²) in [5, 5.41) is 3.35. The van der Waals surface area contributed by atoms with Crippen molar-refractivity contribution < 1.29 is 9.53 Å². The first-order valence-corrected chi connectivity index (χ1v) is 5.16. The molecule has 0 aromatic carbocycles. The lowest BCUT2D eigenvalue weighted by Gasteiger charge is -2.23. The predicted molar refractivity (Wildman–Crippen MR) is 56.0 cm³/mol. The summed E-state index contributed by atoms with van der Waals surface area (Å²) in [6.07, 6.45) is 3.79. The smallest absolute Gasteiger partial charge is 0.309 e. The van der Waals surface area contributed by atoms with E-state index in [1.807, 2.05) is 0 Å². The summed E-state index contributed by atoms with van der Waals surface area (Å²) in [7, 11) is 1.41. The normalized spacial score (nSPS) is 21.6. The molecule has 1 atom stereocenters. The van der Waals surface area contributed by atoms with Gasteiger partial charge in [-0.05, 0) is 38.3 Å². The van der Waals surface area contributed by atoms with Crippen molar-refractivity contribution in [2.24, 2.45) is 5.92 Å². The van der Waals surface area contributed by atoms with Gasteiger partial charge in [-0.3, -0.25) is 4.79 Å². The highest BCUT2D eigenvalue weighted by molar-refractivity contribution is 5.72. The van der Waals surface area contributed by atoms with Crippen LogP contribution in [0, 0.1) is 5.92 Å². The summed E-state index contributed by atoms with van der Waals surface area (Å²) in [5.74, 6) is 0.472. The van der Waals surface area contributed by atoms with Gasteiger partial charge in [-0.2, -0.15) is 0 Å². The average molecular weight is 197 g/mol. The van der Waals surface area contributed by atoms with Crippen LogP contribution in [0.25, 0.3) is 0 Å². The maximum atomic E-state index is 11.0. The van der Waals surface area contributed by atoms with Crippen LogP contribution in [0.15, 0.2) is 12.2 Å². The Morgan fingerprint density at radius 3 is 3.00 bits per heavy atom. The van der Waals surface area contributed by atoms with Crippen LogP contribution >= 0.6 is 0 Å². The maximum Gasteiger partial charge on any atom is 0.309 e. The molecule has 0 aromatic heterocycles. The molecule has 0 saturated carbocycles. The van der Waals surface area contributed by atoms with Gasteiger partial charge < -0.3 is 10.1 Å². The third-order valence-electron chi connectivity index (χ3n) is 2.60. The molecule has 1 aliphatic heterocycles. The molecular formula is C11H19NO2. The molecule has 0 aliphatic carbocycles. The molecule has 1 heterocycles. The number of ether oxygens (including phenoxy) is 1. The molecule has 80 valence electrons. The molecule has 3 nitrogen and oxygen atoms in total. The fourth-order valence-corrected chi connectivity index (χ4v) is 1.85. The van der Waals surface area contributed by atoms with Crippen LogP contribution in [0.2, 0.25) is 0 Å². The number of rotatable bonds is 4. The lowest BCUT2D eigenvalue weighted by Crippen LogP contribution is -2.30. The second kappa shape index (κ2) is 5.81. The van der Waals surface area contributed by atoms with Gasteiger partial charge in [0.1, 0.15) is 0 Å². The Balaban J connectivity index is 2.21. The molecule has 1 aliphatic rings. The van der Waals surface area contributed by atoms with Crippen molar-refractivity contribution in [2.75, 3.05) is 20.2 Å². The number of hydrogen-bond donors (Lipinski definition) is 1. The first-order chi connectivity index (χ1) is 6.72. The standard InChI is InChI=1S/C11H19NO2/c1-9(7-11(13)14-2)6-10-4-3-5-12-8-10/h10,12H,1,3-8H2,2H3. The fraction of sp³-hybridized carbons (Fsp3) is 0.727. The summed E-state index contributed by atoms with van der Waals surface area (Å²) in [4.78, 5) is 11.0. The minimum atomic E-state index is -0.182. The monoisotopic (exact) mass is 197 g/mol. The Labute approximate surface area is 85.5 Å². The zero-order valence-corrected chi connectivity index (χ0v) is 8.84. The molecule has 0 amide bonds. The molecule has 0 spiro atoms. The number of hydrogen-bond acceptors (Lipinski definition) is 3. The van der Waals surface area contributed by atoms with Gasteiger partial charge in [-0.15, -0.1) is 0 Å². The van der Waals surface area contributed by atoms with Crippen molar-refractivity contribution in [3.63, 3.8) is 0 Å². The van der Waals surface area contributed by atoms with Gasteiger partial charge in [-0.1, -0.05) is 12.2 Å². The third kappa shape index (κ3) is 3.92. The summed E-state index contributed by atoms with van der Waals surface area (Å²) >= 11 is 0. The Hall–Kier alpha value is -0.830. The van der Waals surface area contributed by atoms with Crippen molar-refractivity contribution in [2.45, 2.75) is 25.7 Å². The van der Waals surface area contributed by atoms with E-state index in [4.69, 9.17) is 0 Å². The number of methoxy groups -OCH3 is 1. The van der Waals surface area contributed by atoms with E-state index in [1.54, 1.807) is 0 Å². The maximum absolute atomic E-state index is 11.0. The number of carbonyl (C=O) groups excluding carboxylic acids is 1. The van der Waals surface area contributed by atoms with E-state index in [1.165, 1.54) is 20.0 Å². The van der Waals surface area contributed by atoms with Crippen molar-refractivity contribution in [3.8, 4) is 0 Å². The van der Waals surface area contributed by atoms with Gasteiger partial charge in [0, 0.05) is 0 Å². The molecule has 0 bridgehead atoms. The molecule has 1 rings (SSSR count). The summed E-state index contributed by atoms with van der Waals surface area (Å²) in [6.45, 7) is 6.09. The van der Waals surface area contributed by atoms with E-state index in [9.17, 15) is 4.79 Å². The van der Waals surface area contributed by atoms with E-state index >= 15 is 0 Å². The van der Waals surface area contributed by atoms with Crippen LogP contribution in [-0.2, 0) is 9.53 Å². The van der Waals surface area contributed by atoms with Crippen molar-refractivity contribution in [1.82, 2.24) is 5.32 Å². The molecule has 3 heteroatoms. The van der Waals surface area contributed by atoms with Crippen molar-refractivity contribution >= 4 is 5.97 Å². The molecular weight excluding hydrogens is 178 g/mol. The van der Waals surface area contributed by atoms with Gasteiger partial charge in [0.25, 0.3) is 0 Å². The number of carbonyl (C=O) groups is 1. The molecule has 1 unspecified atom stereocenters. The van der Waals surface area contributed by atoms with Crippen molar-refractivity contribution in [3.05, 3.63) is 12.2 Å². The molecule has 0 aromatic rings. The van der Waals surface area contributed by atoms with E-state index in [0.717, 1.165) is 25.1 Å². The quantitative estimate of drug-likeness (QED) is 0.548. The highest BCUT2D eigenvalue weighted by Crippen LogP contribution is 2.19. The van der Waals surface area contributed by atoms with Crippen molar-refractivity contribution in [1.29, 1.82) is 0 Å². The van der Waals surface area contributed by atoms with Gasteiger partial charge in [-0.25, -0.2) is 0 Å². The second-order valence-electron chi connectivity index (χ2n) is 3.92. The van der Waals surface area contributed by atoms with E-state index in [2.05, 4.69) is 16.6 Å².